The molecule has 1 aliphatic heterocycles. The molecular weight excluding hydrogens is 464 g/mol. The van der Waals surface area contributed by atoms with E-state index in [4.69, 9.17) is 4.74 Å². The first kappa shape index (κ1) is 24.9. The van der Waals surface area contributed by atoms with E-state index in [9.17, 15) is 24.6 Å². The fourth-order valence-electron chi connectivity index (χ4n) is 4.70. The molecule has 2 aromatic rings. The molecule has 11 heteroatoms. The number of alkyl carbamates (subject to hydrolysis) is 1. The summed E-state index contributed by atoms with van der Waals surface area (Å²) >= 11 is 0. The topological polar surface area (TPSA) is 121 Å². The summed E-state index contributed by atoms with van der Waals surface area (Å²) in [5.41, 5.74) is -2.71. The summed E-state index contributed by atoms with van der Waals surface area (Å²) in [5, 5.41) is 21.8. The molecule has 0 spiro atoms. The number of halogens is 2. The van der Waals surface area contributed by atoms with Gasteiger partial charge in [-0.15, -0.1) is 0 Å². The molecule has 2 atom stereocenters. The summed E-state index contributed by atoms with van der Waals surface area (Å²) < 4.78 is 37.8. The third kappa shape index (κ3) is 4.82. The first-order chi connectivity index (χ1) is 16.4. The van der Waals surface area contributed by atoms with Gasteiger partial charge in [0.05, 0.1) is 23.6 Å². The van der Waals surface area contributed by atoms with Gasteiger partial charge in [-0.3, -0.25) is 4.79 Å². The average molecular weight is 494 g/mol. The van der Waals surface area contributed by atoms with Crippen molar-refractivity contribution < 1.29 is 33.3 Å². The lowest BCUT2D eigenvalue weighted by Crippen LogP contribution is -2.42. The number of aliphatic hydroxyl groups excluding tert-OH is 1. The second-order valence-electron chi connectivity index (χ2n) is 10.1. The number of hydrogen-bond acceptors (Lipinski definition) is 6. The molecule has 1 aromatic carbocycles. The van der Waals surface area contributed by atoms with E-state index in [1.54, 1.807) is 20.8 Å². The molecule has 2 fully saturated rings. The maximum absolute atomic E-state index is 15.9. The number of hydrogen-bond donors (Lipinski definition) is 3. The molecule has 9 nitrogen and oxygen atoms in total. The minimum absolute atomic E-state index is 0.141. The monoisotopic (exact) mass is 493 g/mol. The summed E-state index contributed by atoms with van der Waals surface area (Å²) in [4.78, 5) is 37.7. The number of benzene rings is 1. The molecule has 1 amide bonds. The quantitative estimate of drug-likeness (QED) is 0.566. The number of carboxylic acids is 1. The lowest BCUT2D eigenvalue weighted by molar-refractivity contribution is 0.0515. The second kappa shape index (κ2) is 9.10. The van der Waals surface area contributed by atoms with E-state index >= 15 is 8.78 Å². The highest BCUT2D eigenvalue weighted by Crippen LogP contribution is 2.41. The lowest BCUT2D eigenvalue weighted by Gasteiger charge is -2.30. The molecular formula is C24H29F2N3O6. The summed E-state index contributed by atoms with van der Waals surface area (Å²) in [5.74, 6) is -3.75. The number of nitrogens with one attached hydrogen (secondary N) is 1. The van der Waals surface area contributed by atoms with Crippen LogP contribution in [0.2, 0.25) is 0 Å². The van der Waals surface area contributed by atoms with Crippen molar-refractivity contribution in [1.29, 1.82) is 0 Å². The highest BCUT2D eigenvalue weighted by Gasteiger charge is 2.38. The van der Waals surface area contributed by atoms with Gasteiger partial charge >= 0.3 is 12.1 Å². The molecule has 1 saturated heterocycles. The number of aromatic nitrogens is 1. The van der Waals surface area contributed by atoms with Gasteiger partial charge in [-0.1, -0.05) is 0 Å². The Morgan fingerprint density at radius 1 is 1.23 bits per heavy atom. The van der Waals surface area contributed by atoms with Gasteiger partial charge in [0, 0.05) is 31.2 Å². The van der Waals surface area contributed by atoms with Crippen molar-refractivity contribution in [3.8, 4) is 0 Å². The zero-order chi connectivity index (χ0) is 25.7. The first-order valence-electron chi connectivity index (χ1n) is 11.6. The Balaban J connectivity index is 1.70. The summed E-state index contributed by atoms with van der Waals surface area (Å²) in [6, 6.07) is 0.00930. The van der Waals surface area contributed by atoms with Crippen LogP contribution in [0.1, 0.15) is 56.4 Å². The van der Waals surface area contributed by atoms with E-state index in [1.807, 2.05) is 0 Å². The number of carbonyl (C=O) groups excluding carboxylic acids is 1. The Kier molecular flexibility index (Phi) is 6.48. The highest BCUT2D eigenvalue weighted by molar-refractivity contribution is 5.94. The third-order valence-electron chi connectivity index (χ3n) is 6.42. The van der Waals surface area contributed by atoms with Gasteiger partial charge in [0.2, 0.25) is 5.43 Å². The van der Waals surface area contributed by atoms with Crippen LogP contribution in [0.4, 0.5) is 19.3 Å². The Bertz CT molecular complexity index is 1230. The third-order valence-corrected chi connectivity index (χ3v) is 6.42. The van der Waals surface area contributed by atoms with Crippen LogP contribution in [0, 0.1) is 17.6 Å². The smallest absolute Gasteiger partial charge is 0.407 e. The van der Waals surface area contributed by atoms with Gasteiger partial charge in [-0.2, -0.15) is 0 Å². The van der Waals surface area contributed by atoms with Crippen molar-refractivity contribution in [2.45, 2.75) is 57.7 Å². The van der Waals surface area contributed by atoms with Crippen LogP contribution in [0.3, 0.4) is 0 Å². The molecule has 0 radical (unpaired) electrons. The molecule has 1 saturated carbocycles. The average Bonchev–Trinajstić information content (AvgIpc) is 3.52. The molecule has 190 valence electrons. The molecule has 4 rings (SSSR count). The Hall–Kier alpha value is -3.21. The van der Waals surface area contributed by atoms with E-state index in [0.717, 1.165) is 12.3 Å². The van der Waals surface area contributed by atoms with Crippen LogP contribution in [-0.2, 0) is 4.74 Å². The minimum Gasteiger partial charge on any atom is -0.477 e. The maximum atomic E-state index is 15.9. The molecule has 35 heavy (non-hydrogen) atoms. The number of aliphatic hydroxyl groups is 1. The maximum Gasteiger partial charge on any atom is 0.407 e. The number of pyridine rings is 1. The van der Waals surface area contributed by atoms with Crippen molar-refractivity contribution >= 4 is 28.7 Å². The van der Waals surface area contributed by atoms with Crippen LogP contribution in [0.15, 0.2) is 17.1 Å². The molecule has 3 N–H and O–H groups in total. The van der Waals surface area contributed by atoms with Gasteiger partial charge in [-0.05, 0) is 46.1 Å². The predicted molar refractivity (Wildman–Crippen MR) is 124 cm³/mol. The fourth-order valence-corrected chi connectivity index (χ4v) is 4.70. The molecule has 1 aromatic heterocycles. The number of ether oxygens (including phenoxy) is 1. The SMILES string of the molecule is CC(C)(C)OC(=O)NC[C@@H]1CCN(c2c(F)cc3c(=O)c(C(=O)O)cn(C4CC4)c3c2F)[C@@H]1CO. The molecule has 0 unspecified atom stereocenters. The number of carbonyl (C=O) groups is 2. The van der Waals surface area contributed by atoms with Crippen LogP contribution in [-0.4, -0.2) is 58.2 Å². The van der Waals surface area contributed by atoms with Crippen LogP contribution < -0.4 is 15.6 Å². The van der Waals surface area contributed by atoms with Gasteiger partial charge < -0.3 is 29.7 Å². The summed E-state index contributed by atoms with van der Waals surface area (Å²) in [7, 11) is 0. The molecule has 2 aliphatic rings. The zero-order valence-electron chi connectivity index (χ0n) is 19.8. The highest BCUT2D eigenvalue weighted by atomic mass is 19.1. The number of carboxylic acid groups (broad SMARTS) is 1. The van der Waals surface area contributed by atoms with Crippen molar-refractivity contribution in [1.82, 2.24) is 9.88 Å². The van der Waals surface area contributed by atoms with Gasteiger partial charge in [0.15, 0.2) is 5.82 Å². The fraction of sp³-hybridized carbons (Fsp3) is 0.542. The standard InChI is InChI=1S/C24H29F2N3O6/c1-24(2,3)35-23(34)27-9-12-6-7-28(17(12)11-30)20-16(25)8-14-19(18(20)26)29(13-4-5-13)10-15(21(14)31)22(32)33/h8,10,12-13,17,30H,4-7,9,11H2,1-3H3,(H,27,34)(H,32,33)/t12-,17+/m0/s1. The summed E-state index contributed by atoms with van der Waals surface area (Å²) in [6.07, 6.45) is 2.31. The predicted octanol–water partition coefficient (Wildman–Crippen LogP) is 3.02. The Morgan fingerprint density at radius 3 is 2.49 bits per heavy atom. The van der Waals surface area contributed by atoms with Gasteiger partial charge in [-0.25, -0.2) is 18.4 Å². The Morgan fingerprint density at radius 2 is 1.91 bits per heavy atom. The first-order valence-corrected chi connectivity index (χ1v) is 11.6. The number of nitrogens with zero attached hydrogens (tertiary/aromatic N) is 2. The molecule has 1 aliphatic carbocycles. The number of amides is 1. The van der Waals surface area contributed by atoms with Crippen LogP contribution >= 0.6 is 0 Å². The van der Waals surface area contributed by atoms with Crippen molar-refractivity contribution in [3.05, 3.63) is 39.7 Å². The summed E-state index contributed by atoms with van der Waals surface area (Å²) in [6.45, 7) is 5.13. The van der Waals surface area contributed by atoms with E-state index in [-0.39, 0.29) is 41.6 Å². The number of fused-ring (bicyclic) bond motifs is 1. The second-order valence-corrected chi connectivity index (χ2v) is 10.1. The van der Waals surface area contributed by atoms with E-state index in [0.29, 0.717) is 19.3 Å². The number of aromatic carboxylic acids is 1. The number of rotatable bonds is 6. The van der Waals surface area contributed by atoms with Crippen molar-refractivity contribution in [2.75, 3.05) is 24.6 Å². The van der Waals surface area contributed by atoms with Crippen molar-refractivity contribution in [2.24, 2.45) is 5.92 Å². The van der Waals surface area contributed by atoms with E-state index < -0.39 is 52.9 Å². The van der Waals surface area contributed by atoms with Gasteiger partial charge in [0.25, 0.3) is 0 Å². The zero-order valence-corrected chi connectivity index (χ0v) is 19.8. The minimum atomic E-state index is -1.46. The normalized spacial score (nSPS) is 20.3. The van der Waals surface area contributed by atoms with E-state index in [2.05, 4.69) is 5.32 Å². The van der Waals surface area contributed by atoms with Crippen LogP contribution in [0.5, 0.6) is 0 Å². The molecule has 2 heterocycles. The number of anilines is 1. The lowest BCUT2D eigenvalue weighted by atomic mass is 10.0. The molecule has 0 bridgehead atoms. The van der Waals surface area contributed by atoms with Crippen molar-refractivity contribution in [3.63, 3.8) is 0 Å². The largest absolute Gasteiger partial charge is 0.477 e. The Labute approximate surface area is 200 Å². The van der Waals surface area contributed by atoms with Gasteiger partial charge in [0.1, 0.15) is 22.7 Å². The van der Waals surface area contributed by atoms with Crippen LogP contribution in [0.25, 0.3) is 10.9 Å². The van der Waals surface area contributed by atoms with E-state index in [1.165, 1.54) is 9.47 Å².